The molecular formula is C9H18N2O. The fourth-order valence-electron chi connectivity index (χ4n) is 0.959. The minimum Gasteiger partial charge on any atom is -0.349 e. The van der Waals surface area contributed by atoms with Crippen LogP contribution in [0.15, 0.2) is 0 Å². The monoisotopic (exact) mass is 170 g/mol. The van der Waals surface area contributed by atoms with E-state index in [-0.39, 0.29) is 16.9 Å². The minimum absolute atomic E-state index is 0.0512. The molecule has 0 aromatic carbocycles. The average Bonchev–Trinajstić information content (AvgIpc) is 2.67. The normalized spacial score (nSPS) is 20.3. The first-order valence-electron chi connectivity index (χ1n) is 4.42. The average molecular weight is 170 g/mol. The molecule has 1 saturated carbocycles. The van der Waals surface area contributed by atoms with Gasteiger partial charge in [0.2, 0.25) is 5.91 Å². The third kappa shape index (κ3) is 1.97. The van der Waals surface area contributed by atoms with Gasteiger partial charge in [0.05, 0.1) is 5.54 Å². The maximum atomic E-state index is 11.5. The van der Waals surface area contributed by atoms with E-state index >= 15 is 0 Å². The standard InChI is InChI=1S/C9H18N2O/c1-8(2,3)7(12)11-9(6-10)4-5-9/h4-6,10H2,1-3H3,(H,11,12). The summed E-state index contributed by atoms with van der Waals surface area (Å²) in [4.78, 5) is 11.5. The molecule has 0 aromatic rings. The first kappa shape index (κ1) is 9.52. The molecule has 0 aliphatic heterocycles. The molecule has 0 aromatic heterocycles. The third-order valence-corrected chi connectivity index (χ3v) is 2.30. The van der Waals surface area contributed by atoms with Crippen molar-refractivity contribution in [2.24, 2.45) is 11.1 Å². The fraction of sp³-hybridized carbons (Fsp3) is 0.889. The van der Waals surface area contributed by atoms with Gasteiger partial charge < -0.3 is 11.1 Å². The van der Waals surface area contributed by atoms with Crippen molar-refractivity contribution in [2.45, 2.75) is 39.2 Å². The van der Waals surface area contributed by atoms with E-state index in [1.807, 2.05) is 20.8 Å². The molecule has 70 valence electrons. The first-order valence-corrected chi connectivity index (χ1v) is 4.42. The van der Waals surface area contributed by atoms with Gasteiger partial charge in [0.15, 0.2) is 0 Å². The molecular weight excluding hydrogens is 152 g/mol. The van der Waals surface area contributed by atoms with Crippen molar-refractivity contribution in [3.05, 3.63) is 0 Å². The van der Waals surface area contributed by atoms with Crippen LogP contribution >= 0.6 is 0 Å². The molecule has 12 heavy (non-hydrogen) atoms. The molecule has 3 heteroatoms. The summed E-state index contributed by atoms with van der Waals surface area (Å²) in [6.45, 7) is 6.30. The summed E-state index contributed by atoms with van der Waals surface area (Å²) in [7, 11) is 0. The van der Waals surface area contributed by atoms with Crippen molar-refractivity contribution in [1.82, 2.24) is 5.32 Å². The maximum Gasteiger partial charge on any atom is 0.225 e. The van der Waals surface area contributed by atoms with Crippen LogP contribution in [-0.2, 0) is 4.79 Å². The summed E-state index contributed by atoms with van der Waals surface area (Å²) in [5.74, 6) is 0.102. The van der Waals surface area contributed by atoms with Gasteiger partial charge in [-0.1, -0.05) is 20.8 Å². The molecule has 0 bridgehead atoms. The Morgan fingerprint density at radius 2 is 2.00 bits per heavy atom. The second-order valence-electron chi connectivity index (χ2n) is 4.69. The topological polar surface area (TPSA) is 55.1 Å². The lowest BCUT2D eigenvalue weighted by Crippen LogP contribution is -2.47. The van der Waals surface area contributed by atoms with Crippen LogP contribution in [0.1, 0.15) is 33.6 Å². The van der Waals surface area contributed by atoms with Crippen molar-refractivity contribution in [3.8, 4) is 0 Å². The van der Waals surface area contributed by atoms with E-state index in [0.717, 1.165) is 12.8 Å². The van der Waals surface area contributed by atoms with Crippen molar-refractivity contribution < 1.29 is 4.79 Å². The minimum atomic E-state index is -0.301. The third-order valence-electron chi connectivity index (χ3n) is 2.30. The van der Waals surface area contributed by atoms with Crippen LogP contribution in [-0.4, -0.2) is 18.0 Å². The summed E-state index contributed by atoms with van der Waals surface area (Å²) in [6, 6.07) is 0. The summed E-state index contributed by atoms with van der Waals surface area (Å²) < 4.78 is 0. The van der Waals surface area contributed by atoms with Gasteiger partial charge in [-0.3, -0.25) is 4.79 Å². The van der Waals surface area contributed by atoms with Crippen molar-refractivity contribution in [3.63, 3.8) is 0 Å². The molecule has 1 fully saturated rings. The Bertz CT molecular complexity index is 189. The zero-order chi connectivity index (χ0) is 9.41. The van der Waals surface area contributed by atoms with Crippen molar-refractivity contribution in [2.75, 3.05) is 6.54 Å². The van der Waals surface area contributed by atoms with Crippen molar-refractivity contribution >= 4 is 5.91 Å². The fourth-order valence-corrected chi connectivity index (χ4v) is 0.959. The predicted octanol–water partition coefficient (Wildman–Crippen LogP) is 0.640. The highest BCUT2D eigenvalue weighted by Gasteiger charge is 2.44. The van der Waals surface area contributed by atoms with Crippen LogP contribution in [0, 0.1) is 5.41 Å². The van der Waals surface area contributed by atoms with E-state index in [0.29, 0.717) is 6.54 Å². The van der Waals surface area contributed by atoms with Crippen LogP contribution in [0.2, 0.25) is 0 Å². The summed E-state index contributed by atoms with van der Waals surface area (Å²) in [5, 5.41) is 2.99. The molecule has 0 heterocycles. The van der Waals surface area contributed by atoms with Gasteiger partial charge in [0.1, 0.15) is 0 Å². The van der Waals surface area contributed by atoms with E-state index in [1.165, 1.54) is 0 Å². The quantitative estimate of drug-likeness (QED) is 0.639. The van der Waals surface area contributed by atoms with E-state index in [9.17, 15) is 4.79 Å². The zero-order valence-electron chi connectivity index (χ0n) is 8.11. The van der Waals surface area contributed by atoms with Gasteiger partial charge in [-0.25, -0.2) is 0 Å². The molecule has 0 unspecified atom stereocenters. The lowest BCUT2D eigenvalue weighted by atomic mass is 9.95. The number of carbonyl (C=O) groups excluding carboxylic acids is 1. The first-order chi connectivity index (χ1) is 5.40. The molecule has 1 aliphatic rings. The highest BCUT2D eigenvalue weighted by Crippen LogP contribution is 2.34. The molecule has 0 spiro atoms. The summed E-state index contributed by atoms with van der Waals surface area (Å²) in [6.07, 6.45) is 2.07. The van der Waals surface area contributed by atoms with Crippen LogP contribution in [0.3, 0.4) is 0 Å². The van der Waals surface area contributed by atoms with Crippen molar-refractivity contribution in [1.29, 1.82) is 0 Å². The lowest BCUT2D eigenvalue weighted by molar-refractivity contribution is -0.129. The number of nitrogens with two attached hydrogens (primary N) is 1. The summed E-state index contributed by atoms with van der Waals surface area (Å²) in [5.41, 5.74) is 5.19. The Kier molecular flexibility index (Phi) is 2.17. The largest absolute Gasteiger partial charge is 0.349 e. The van der Waals surface area contributed by atoms with Gasteiger partial charge >= 0.3 is 0 Å². The van der Waals surface area contributed by atoms with Gasteiger partial charge in [-0.05, 0) is 12.8 Å². The van der Waals surface area contributed by atoms with E-state index in [2.05, 4.69) is 5.32 Å². The van der Waals surface area contributed by atoms with Gasteiger partial charge in [0, 0.05) is 12.0 Å². The molecule has 0 radical (unpaired) electrons. The molecule has 3 nitrogen and oxygen atoms in total. The Labute approximate surface area is 73.7 Å². The number of hydrogen-bond acceptors (Lipinski definition) is 2. The lowest BCUT2D eigenvalue weighted by Gasteiger charge is -2.22. The van der Waals surface area contributed by atoms with Gasteiger partial charge in [-0.15, -0.1) is 0 Å². The zero-order valence-corrected chi connectivity index (χ0v) is 8.11. The highest BCUT2D eigenvalue weighted by atomic mass is 16.2. The molecule has 1 rings (SSSR count). The maximum absolute atomic E-state index is 11.5. The predicted molar refractivity (Wildman–Crippen MR) is 48.6 cm³/mol. The van der Waals surface area contributed by atoms with Crippen LogP contribution in [0.4, 0.5) is 0 Å². The molecule has 0 atom stereocenters. The summed E-state index contributed by atoms with van der Waals surface area (Å²) >= 11 is 0. The Balaban J connectivity index is 2.47. The molecule has 1 amide bonds. The molecule has 1 aliphatic carbocycles. The van der Waals surface area contributed by atoms with E-state index < -0.39 is 0 Å². The van der Waals surface area contributed by atoms with Gasteiger partial charge in [-0.2, -0.15) is 0 Å². The van der Waals surface area contributed by atoms with Gasteiger partial charge in [0.25, 0.3) is 0 Å². The number of amides is 1. The SMILES string of the molecule is CC(C)(C)C(=O)NC1(CN)CC1. The molecule has 0 saturated heterocycles. The Morgan fingerprint density at radius 3 is 2.25 bits per heavy atom. The van der Waals surface area contributed by atoms with E-state index in [1.54, 1.807) is 0 Å². The van der Waals surface area contributed by atoms with E-state index in [4.69, 9.17) is 5.73 Å². The second-order valence-corrected chi connectivity index (χ2v) is 4.69. The number of rotatable bonds is 2. The highest BCUT2D eigenvalue weighted by molar-refractivity contribution is 5.82. The smallest absolute Gasteiger partial charge is 0.225 e. The Hall–Kier alpha value is -0.570. The second kappa shape index (κ2) is 2.73. The van der Waals surface area contributed by atoms with Crippen LogP contribution in [0.5, 0.6) is 0 Å². The number of nitrogens with one attached hydrogen (secondary N) is 1. The van der Waals surface area contributed by atoms with Crippen LogP contribution < -0.4 is 11.1 Å². The molecule has 3 N–H and O–H groups in total. The number of carbonyl (C=O) groups is 1. The number of hydrogen-bond donors (Lipinski definition) is 2. The van der Waals surface area contributed by atoms with Crippen LogP contribution in [0.25, 0.3) is 0 Å². The Morgan fingerprint density at radius 1 is 1.50 bits per heavy atom.